The summed E-state index contributed by atoms with van der Waals surface area (Å²) in [5.74, 6) is 3.21. The lowest BCUT2D eigenvalue weighted by molar-refractivity contribution is 0.155. The molecule has 0 aliphatic heterocycles. The zero-order valence-corrected chi connectivity index (χ0v) is 16.0. The third kappa shape index (κ3) is 4.74. The highest BCUT2D eigenvalue weighted by molar-refractivity contribution is 5.23. The number of rotatable bonds is 6. The number of halogens is 1. The Morgan fingerprint density at radius 3 is 2.16 bits per heavy atom. The average molecular weight is 348 g/mol. The molecule has 1 aromatic heterocycles. The summed E-state index contributed by atoms with van der Waals surface area (Å²) in [6, 6.07) is 3.72. The van der Waals surface area contributed by atoms with Crippen LogP contribution in [0, 0.1) is 23.7 Å². The number of ether oxygens (including phenoxy) is 1. The monoisotopic (exact) mass is 347 g/mol. The molecule has 0 atom stereocenters. The van der Waals surface area contributed by atoms with E-state index in [1.165, 1.54) is 51.4 Å². The van der Waals surface area contributed by atoms with Crippen LogP contribution in [0.5, 0.6) is 5.88 Å². The molecule has 140 valence electrons. The number of hydrogen-bond donors (Lipinski definition) is 0. The first kappa shape index (κ1) is 18.7. The van der Waals surface area contributed by atoms with E-state index in [2.05, 4.69) is 11.9 Å². The summed E-state index contributed by atoms with van der Waals surface area (Å²) in [5.41, 5.74) is 0.800. The molecule has 1 heterocycles. The molecule has 3 heteroatoms. The van der Waals surface area contributed by atoms with Gasteiger partial charge in [-0.2, -0.15) is 9.37 Å². The van der Waals surface area contributed by atoms with E-state index in [-0.39, 0.29) is 5.95 Å². The van der Waals surface area contributed by atoms with Crippen LogP contribution in [0.3, 0.4) is 0 Å². The third-order valence-electron chi connectivity index (χ3n) is 6.61. The molecule has 2 saturated carbocycles. The number of aromatic nitrogens is 1. The maximum absolute atomic E-state index is 14.3. The van der Waals surface area contributed by atoms with Gasteiger partial charge < -0.3 is 4.74 Å². The van der Waals surface area contributed by atoms with Crippen molar-refractivity contribution in [1.29, 1.82) is 0 Å². The molecule has 0 saturated heterocycles. The van der Waals surface area contributed by atoms with Crippen molar-refractivity contribution in [1.82, 2.24) is 4.98 Å². The predicted octanol–water partition coefficient (Wildman–Crippen LogP) is 6.50. The Labute approximate surface area is 152 Å². The van der Waals surface area contributed by atoms with Crippen molar-refractivity contribution >= 4 is 0 Å². The van der Waals surface area contributed by atoms with E-state index < -0.39 is 0 Å². The smallest absolute Gasteiger partial charge is 0.219 e. The molecule has 0 unspecified atom stereocenters. The van der Waals surface area contributed by atoms with Gasteiger partial charge in [0.25, 0.3) is 0 Å². The van der Waals surface area contributed by atoms with Gasteiger partial charge in [-0.1, -0.05) is 32.6 Å². The van der Waals surface area contributed by atoms with Crippen LogP contribution in [0.1, 0.15) is 89.5 Å². The third-order valence-corrected chi connectivity index (χ3v) is 6.61. The van der Waals surface area contributed by atoms with E-state index in [0.29, 0.717) is 18.4 Å². The molecular formula is C22H34FNO. The molecule has 2 nitrogen and oxygen atoms in total. The highest BCUT2D eigenvalue weighted by atomic mass is 19.1. The fraction of sp³-hybridized carbons (Fsp3) is 0.773. The van der Waals surface area contributed by atoms with Gasteiger partial charge in [-0.15, -0.1) is 0 Å². The Morgan fingerprint density at radius 1 is 0.960 bits per heavy atom. The lowest BCUT2D eigenvalue weighted by Crippen LogP contribution is -2.25. The Hall–Kier alpha value is -1.12. The van der Waals surface area contributed by atoms with Crippen LogP contribution in [-0.4, -0.2) is 11.6 Å². The molecule has 25 heavy (non-hydrogen) atoms. The molecule has 2 aliphatic carbocycles. The molecule has 2 aliphatic rings. The van der Waals surface area contributed by atoms with Gasteiger partial charge in [-0.05, 0) is 75.2 Å². The summed E-state index contributed by atoms with van der Waals surface area (Å²) in [6.45, 7) is 4.73. The summed E-state index contributed by atoms with van der Waals surface area (Å²) in [6.07, 6.45) is 13.3. The summed E-state index contributed by atoms with van der Waals surface area (Å²) in [7, 11) is 0. The van der Waals surface area contributed by atoms with Crippen molar-refractivity contribution in [2.45, 2.75) is 84.0 Å². The van der Waals surface area contributed by atoms with Gasteiger partial charge in [0.15, 0.2) is 0 Å². The van der Waals surface area contributed by atoms with Crippen LogP contribution < -0.4 is 4.74 Å². The van der Waals surface area contributed by atoms with Crippen LogP contribution in [-0.2, 0) is 0 Å². The van der Waals surface area contributed by atoms with Crippen LogP contribution in [0.4, 0.5) is 4.39 Å². The normalized spacial score (nSPS) is 30.2. The van der Waals surface area contributed by atoms with E-state index in [1.54, 1.807) is 0 Å². The predicted molar refractivity (Wildman–Crippen MR) is 100 cm³/mol. The molecule has 0 N–H and O–H groups in total. The van der Waals surface area contributed by atoms with Crippen LogP contribution in [0.2, 0.25) is 0 Å². The van der Waals surface area contributed by atoms with Gasteiger partial charge in [0, 0.05) is 11.6 Å². The summed E-state index contributed by atoms with van der Waals surface area (Å²) in [4.78, 5) is 3.98. The Bertz CT molecular complexity index is 531. The summed E-state index contributed by atoms with van der Waals surface area (Å²) < 4.78 is 19.6. The van der Waals surface area contributed by atoms with E-state index in [1.807, 2.05) is 19.1 Å². The fourth-order valence-corrected chi connectivity index (χ4v) is 5.22. The lowest BCUT2D eigenvalue weighted by atomic mass is 9.68. The fourth-order valence-electron chi connectivity index (χ4n) is 5.22. The van der Waals surface area contributed by atoms with Crippen molar-refractivity contribution in [2.24, 2.45) is 17.8 Å². The van der Waals surface area contributed by atoms with E-state index in [0.717, 1.165) is 36.2 Å². The molecule has 0 amide bonds. The molecule has 0 aromatic carbocycles. The molecule has 2 fully saturated rings. The maximum atomic E-state index is 14.3. The van der Waals surface area contributed by atoms with Gasteiger partial charge in [-0.3, -0.25) is 0 Å². The largest absolute Gasteiger partial charge is 0.478 e. The van der Waals surface area contributed by atoms with Crippen LogP contribution in [0.15, 0.2) is 12.1 Å². The van der Waals surface area contributed by atoms with Gasteiger partial charge in [0.05, 0.1) is 6.61 Å². The minimum atomic E-state index is -0.325. The second-order valence-electron chi connectivity index (χ2n) is 8.14. The second kappa shape index (κ2) is 9.00. The van der Waals surface area contributed by atoms with Crippen LogP contribution in [0.25, 0.3) is 0 Å². The first-order chi connectivity index (χ1) is 12.2. The standard InChI is InChI=1S/C22H34FNO/c1-3-5-16-6-8-17(9-7-16)18-10-12-19(13-11-18)20-14-15-21(25-4-2)24-22(20)23/h14-19H,3-13H2,1-2H3. The highest BCUT2D eigenvalue weighted by Gasteiger charge is 2.32. The summed E-state index contributed by atoms with van der Waals surface area (Å²) in [5, 5.41) is 0. The van der Waals surface area contributed by atoms with E-state index >= 15 is 0 Å². The van der Waals surface area contributed by atoms with Crippen molar-refractivity contribution in [2.75, 3.05) is 6.61 Å². The Kier molecular flexibility index (Phi) is 6.72. The average Bonchev–Trinajstić information content (AvgIpc) is 2.63. The van der Waals surface area contributed by atoms with Gasteiger partial charge in [-0.25, -0.2) is 0 Å². The maximum Gasteiger partial charge on any atom is 0.219 e. The van der Waals surface area contributed by atoms with E-state index in [9.17, 15) is 4.39 Å². The van der Waals surface area contributed by atoms with Crippen LogP contribution >= 0.6 is 0 Å². The zero-order valence-electron chi connectivity index (χ0n) is 16.0. The highest BCUT2D eigenvalue weighted by Crippen LogP contribution is 2.44. The van der Waals surface area contributed by atoms with Crippen molar-refractivity contribution in [3.05, 3.63) is 23.6 Å². The van der Waals surface area contributed by atoms with Gasteiger partial charge in [0.1, 0.15) is 0 Å². The van der Waals surface area contributed by atoms with Crippen molar-refractivity contribution in [3.8, 4) is 5.88 Å². The topological polar surface area (TPSA) is 22.1 Å². The number of pyridine rings is 1. The minimum absolute atomic E-state index is 0.325. The molecule has 0 radical (unpaired) electrons. The second-order valence-corrected chi connectivity index (χ2v) is 8.14. The van der Waals surface area contributed by atoms with Crippen molar-refractivity contribution in [3.63, 3.8) is 0 Å². The first-order valence-electron chi connectivity index (χ1n) is 10.5. The summed E-state index contributed by atoms with van der Waals surface area (Å²) >= 11 is 0. The molecular weight excluding hydrogens is 313 g/mol. The Balaban J connectivity index is 1.50. The molecule has 0 bridgehead atoms. The molecule has 0 spiro atoms. The minimum Gasteiger partial charge on any atom is -0.478 e. The van der Waals surface area contributed by atoms with E-state index in [4.69, 9.17) is 4.74 Å². The molecule has 3 rings (SSSR count). The number of hydrogen-bond acceptors (Lipinski definition) is 2. The van der Waals surface area contributed by atoms with Gasteiger partial charge >= 0.3 is 0 Å². The first-order valence-corrected chi connectivity index (χ1v) is 10.5. The van der Waals surface area contributed by atoms with Gasteiger partial charge in [0.2, 0.25) is 11.8 Å². The molecule has 1 aromatic rings. The zero-order chi connectivity index (χ0) is 17.6. The Morgan fingerprint density at radius 2 is 1.60 bits per heavy atom. The lowest BCUT2D eigenvalue weighted by Gasteiger charge is -2.38. The quantitative estimate of drug-likeness (QED) is 0.548. The van der Waals surface area contributed by atoms with Crippen molar-refractivity contribution < 1.29 is 9.13 Å². The SMILES string of the molecule is CCCC1CCC(C2CCC(c3ccc(OCC)nc3F)CC2)CC1. The number of nitrogens with zero attached hydrogens (tertiary/aromatic N) is 1.